The molecule has 1 saturated heterocycles. The normalized spacial score (nSPS) is 25.0. The van der Waals surface area contributed by atoms with Crippen LogP contribution in [0.5, 0.6) is 0 Å². The largest absolute Gasteiger partial charge is 0.382 e. The van der Waals surface area contributed by atoms with Crippen molar-refractivity contribution in [3.63, 3.8) is 0 Å². The summed E-state index contributed by atoms with van der Waals surface area (Å²) in [6, 6.07) is 5.02. The van der Waals surface area contributed by atoms with E-state index in [1.165, 1.54) is 44.6 Å². The molecule has 1 aromatic rings. The van der Waals surface area contributed by atoms with Gasteiger partial charge in [0.25, 0.3) is 0 Å². The SMILES string of the molecule is Fc1ccc(NCC2CCC3(CCCCC3)O2)cc1Br. The van der Waals surface area contributed by atoms with Crippen LogP contribution in [0.4, 0.5) is 10.1 Å². The van der Waals surface area contributed by atoms with Crippen LogP contribution in [0, 0.1) is 5.82 Å². The fourth-order valence-corrected chi connectivity index (χ4v) is 3.82. The van der Waals surface area contributed by atoms with Crippen molar-refractivity contribution in [3.8, 4) is 0 Å². The van der Waals surface area contributed by atoms with E-state index in [1.54, 1.807) is 12.1 Å². The maximum atomic E-state index is 13.2. The number of benzene rings is 1. The summed E-state index contributed by atoms with van der Waals surface area (Å²) in [6.45, 7) is 0.805. The summed E-state index contributed by atoms with van der Waals surface area (Å²) in [5.41, 5.74) is 1.11. The Hall–Kier alpha value is -0.610. The first-order valence-corrected chi connectivity index (χ1v) is 8.33. The average molecular weight is 342 g/mol. The molecule has 2 aliphatic rings. The minimum atomic E-state index is -0.228. The van der Waals surface area contributed by atoms with Gasteiger partial charge in [-0.25, -0.2) is 4.39 Å². The topological polar surface area (TPSA) is 21.3 Å². The average Bonchev–Trinajstić information content (AvgIpc) is 2.84. The van der Waals surface area contributed by atoms with E-state index in [-0.39, 0.29) is 17.5 Å². The first-order valence-electron chi connectivity index (χ1n) is 7.54. The molecule has 1 N–H and O–H groups in total. The van der Waals surface area contributed by atoms with Crippen LogP contribution in [0.15, 0.2) is 22.7 Å². The zero-order chi connectivity index (χ0) is 14.0. The van der Waals surface area contributed by atoms with Gasteiger partial charge in [-0.05, 0) is 59.8 Å². The van der Waals surface area contributed by atoms with Crippen molar-refractivity contribution in [2.45, 2.75) is 56.7 Å². The van der Waals surface area contributed by atoms with Crippen LogP contribution in [0.1, 0.15) is 44.9 Å². The zero-order valence-electron chi connectivity index (χ0n) is 11.6. The van der Waals surface area contributed by atoms with Crippen LogP contribution >= 0.6 is 15.9 Å². The van der Waals surface area contributed by atoms with Gasteiger partial charge in [-0.3, -0.25) is 0 Å². The Kier molecular flexibility index (Phi) is 4.32. The molecule has 1 aliphatic carbocycles. The van der Waals surface area contributed by atoms with Crippen LogP contribution in [0.2, 0.25) is 0 Å². The van der Waals surface area contributed by atoms with Crippen LogP contribution in [-0.2, 0) is 4.74 Å². The molecule has 4 heteroatoms. The molecule has 3 rings (SSSR count). The molecule has 0 radical (unpaired) electrons. The number of ether oxygens (including phenoxy) is 1. The standard InChI is InChI=1S/C16H21BrFNO/c17-14-10-12(4-5-15(14)18)19-11-13-6-9-16(20-13)7-2-1-3-8-16/h4-5,10,13,19H,1-3,6-9,11H2. The molecule has 1 spiro atoms. The Labute approximate surface area is 128 Å². The van der Waals surface area contributed by atoms with Crippen molar-refractivity contribution in [1.29, 1.82) is 0 Å². The first kappa shape index (κ1) is 14.3. The van der Waals surface area contributed by atoms with Crippen molar-refractivity contribution in [2.75, 3.05) is 11.9 Å². The molecule has 0 bridgehead atoms. The minimum Gasteiger partial charge on any atom is -0.382 e. The maximum absolute atomic E-state index is 13.2. The van der Waals surface area contributed by atoms with Gasteiger partial charge in [-0.15, -0.1) is 0 Å². The summed E-state index contributed by atoms with van der Waals surface area (Å²) >= 11 is 3.21. The van der Waals surface area contributed by atoms with Crippen LogP contribution in [-0.4, -0.2) is 18.2 Å². The third-order valence-electron chi connectivity index (χ3n) is 4.56. The van der Waals surface area contributed by atoms with Gasteiger partial charge in [0.1, 0.15) is 5.82 Å². The molecule has 1 saturated carbocycles. The van der Waals surface area contributed by atoms with E-state index in [4.69, 9.17) is 4.74 Å². The predicted octanol–water partition coefficient (Wildman–Crippen LogP) is 4.88. The van der Waals surface area contributed by atoms with Crippen molar-refractivity contribution >= 4 is 21.6 Å². The minimum absolute atomic E-state index is 0.175. The number of rotatable bonds is 3. The van der Waals surface area contributed by atoms with Gasteiger partial charge in [-0.1, -0.05) is 19.3 Å². The molecule has 0 aromatic heterocycles. The lowest BCUT2D eigenvalue weighted by Crippen LogP contribution is -2.33. The first-order chi connectivity index (χ1) is 9.67. The molecule has 1 aliphatic heterocycles. The van der Waals surface area contributed by atoms with Gasteiger partial charge in [-0.2, -0.15) is 0 Å². The summed E-state index contributed by atoms with van der Waals surface area (Å²) in [6.07, 6.45) is 9.06. The van der Waals surface area contributed by atoms with E-state index in [1.807, 2.05) is 0 Å². The van der Waals surface area contributed by atoms with E-state index >= 15 is 0 Å². The number of hydrogen-bond donors (Lipinski definition) is 1. The summed E-state index contributed by atoms with van der Waals surface area (Å²) in [5.74, 6) is -0.228. The highest BCUT2D eigenvalue weighted by molar-refractivity contribution is 9.10. The summed E-state index contributed by atoms with van der Waals surface area (Å²) in [4.78, 5) is 0. The number of hydrogen-bond acceptors (Lipinski definition) is 2. The molecular weight excluding hydrogens is 321 g/mol. The highest BCUT2D eigenvalue weighted by Gasteiger charge is 2.40. The van der Waals surface area contributed by atoms with E-state index < -0.39 is 0 Å². The van der Waals surface area contributed by atoms with Gasteiger partial charge < -0.3 is 10.1 Å². The molecule has 20 heavy (non-hydrogen) atoms. The second-order valence-corrected chi connectivity index (χ2v) is 6.89. The third kappa shape index (κ3) is 3.17. The highest BCUT2D eigenvalue weighted by Crippen LogP contribution is 2.41. The van der Waals surface area contributed by atoms with Crippen molar-refractivity contribution < 1.29 is 9.13 Å². The molecule has 2 nitrogen and oxygen atoms in total. The quantitative estimate of drug-likeness (QED) is 0.845. The molecule has 1 aromatic carbocycles. The Morgan fingerprint density at radius 3 is 2.80 bits per heavy atom. The van der Waals surface area contributed by atoms with Crippen molar-refractivity contribution in [1.82, 2.24) is 0 Å². The summed E-state index contributed by atoms with van der Waals surface area (Å²) < 4.78 is 20.0. The third-order valence-corrected chi connectivity index (χ3v) is 5.16. The van der Waals surface area contributed by atoms with E-state index in [2.05, 4.69) is 21.2 Å². The van der Waals surface area contributed by atoms with Crippen LogP contribution in [0.3, 0.4) is 0 Å². The van der Waals surface area contributed by atoms with Crippen molar-refractivity contribution in [3.05, 3.63) is 28.5 Å². The predicted molar refractivity (Wildman–Crippen MR) is 82.5 cm³/mol. The van der Waals surface area contributed by atoms with Gasteiger partial charge in [0.05, 0.1) is 16.2 Å². The fourth-order valence-electron chi connectivity index (χ4n) is 3.44. The Morgan fingerprint density at radius 1 is 1.25 bits per heavy atom. The number of anilines is 1. The monoisotopic (exact) mass is 341 g/mol. The second kappa shape index (κ2) is 6.02. The molecule has 1 unspecified atom stereocenters. The lowest BCUT2D eigenvalue weighted by molar-refractivity contribution is -0.0588. The van der Waals surface area contributed by atoms with E-state index in [0.29, 0.717) is 4.47 Å². The lowest BCUT2D eigenvalue weighted by Gasteiger charge is -2.33. The van der Waals surface area contributed by atoms with Crippen LogP contribution in [0.25, 0.3) is 0 Å². The van der Waals surface area contributed by atoms with Gasteiger partial charge in [0.2, 0.25) is 0 Å². The Balaban J connectivity index is 1.53. The molecule has 110 valence electrons. The smallest absolute Gasteiger partial charge is 0.137 e. The Bertz CT molecular complexity index is 474. The zero-order valence-corrected chi connectivity index (χ0v) is 13.2. The molecule has 1 heterocycles. The van der Waals surface area contributed by atoms with E-state index in [9.17, 15) is 4.39 Å². The van der Waals surface area contributed by atoms with Crippen LogP contribution < -0.4 is 5.32 Å². The Morgan fingerprint density at radius 2 is 2.05 bits per heavy atom. The fraction of sp³-hybridized carbons (Fsp3) is 0.625. The molecule has 0 amide bonds. The van der Waals surface area contributed by atoms with Gasteiger partial charge in [0, 0.05) is 12.2 Å². The lowest BCUT2D eigenvalue weighted by atomic mass is 9.83. The van der Waals surface area contributed by atoms with E-state index in [0.717, 1.165) is 18.7 Å². The number of nitrogens with one attached hydrogen (secondary N) is 1. The second-order valence-electron chi connectivity index (χ2n) is 6.03. The van der Waals surface area contributed by atoms with Gasteiger partial charge >= 0.3 is 0 Å². The summed E-state index contributed by atoms with van der Waals surface area (Å²) in [5, 5.41) is 3.35. The summed E-state index contributed by atoms with van der Waals surface area (Å²) in [7, 11) is 0. The molecule has 2 fully saturated rings. The number of halogens is 2. The van der Waals surface area contributed by atoms with Gasteiger partial charge in [0.15, 0.2) is 0 Å². The van der Waals surface area contributed by atoms with Crippen molar-refractivity contribution in [2.24, 2.45) is 0 Å². The highest BCUT2D eigenvalue weighted by atomic mass is 79.9. The maximum Gasteiger partial charge on any atom is 0.137 e. The molecule has 1 atom stereocenters. The molecular formula is C16H21BrFNO.